The topological polar surface area (TPSA) is 83.5 Å². The monoisotopic (exact) mass is 447 g/mol. The summed E-state index contributed by atoms with van der Waals surface area (Å²) in [6, 6.07) is 6.87. The van der Waals surface area contributed by atoms with E-state index in [-0.39, 0.29) is 18.1 Å². The summed E-state index contributed by atoms with van der Waals surface area (Å²) in [5, 5.41) is 13.0. The molecule has 0 radical (unpaired) electrons. The number of anilines is 1. The zero-order chi connectivity index (χ0) is 21.8. The van der Waals surface area contributed by atoms with E-state index < -0.39 is 17.8 Å². The largest absolute Gasteiger partial charge is 0.481 e. The lowest BCUT2D eigenvalue weighted by Crippen LogP contribution is -2.33. The van der Waals surface area contributed by atoms with E-state index in [0.29, 0.717) is 35.5 Å². The highest BCUT2D eigenvalue weighted by atomic mass is 35.5. The molecule has 0 bridgehead atoms. The first-order valence-electron chi connectivity index (χ1n) is 10.2. The summed E-state index contributed by atoms with van der Waals surface area (Å²) >= 11 is 7.37. The van der Waals surface area contributed by atoms with Gasteiger partial charge in [-0.15, -0.1) is 11.3 Å². The number of carboxylic acid groups (broad SMARTS) is 1. The number of hydrogen-bond acceptors (Lipinski definition) is 4. The van der Waals surface area contributed by atoms with Crippen molar-refractivity contribution >= 4 is 46.3 Å². The molecule has 1 aromatic carbocycles. The van der Waals surface area contributed by atoms with Crippen LogP contribution in [-0.4, -0.2) is 22.8 Å². The summed E-state index contributed by atoms with van der Waals surface area (Å²) in [4.78, 5) is 39.5. The summed E-state index contributed by atoms with van der Waals surface area (Å²) in [6.45, 7) is 3.94. The van der Waals surface area contributed by atoms with Crippen molar-refractivity contribution in [1.82, 2.24) is 0 Å². The van der Waals surface area contributed by atoms with Gasteiger partial charge in [-0.2, -0.15) is 0 Å². The minimum Gasteiger partial charge on any atom is -0.481 e. The summed E-state index contributed by atoms with van der Waals surface area (Å²) in [5.74, 6) is -2.32. The Morgan fingerprint density at radius 2 is 1.77 bits per heavy atom. The van der Waals surface area contributed by atoms with Gasteiger partial charge in [-0.1, -0.05) is 31.4 Å². The minimum absolute atomic E-state index is 0.0773. The zero-order valence-electron chi connectivity index (χ0n) is 17.2. The van der Waals surface area contributed by atoms with Crippen molar-refractivity contribution in [3.8, 4) is 0 Å². The van der Waals surface area contributed by atoms with E-state index in [4.69, 9.17) is 11.6 Å². The van der Waals surface area contributed by atoms with E-state index >= 15 is 0 Å². The van der Waals surface area contributed by atoms with Crippen molar-refractivity contribution in [1.29, 1.82) is 0 Å². The van der Waals surface area contributed by atoms with Gasteiger partial charge in [-0.05, 0) is 56.0 Å². The van der Waals surface area contributed by atoms with Crippen molar-refractivity contribution < 1.29 is 19.5 Å². The highest BCUT2D eigenvalue weighted by Gasteiger charge is 2.36. The van der Waals surface area contributed by atoms with E-state index in [1.807, 2.05) is 13.8 Å². The highest BCUT2D eigenvalue weighted by molar-refractivity contribution is 7.12. The highest BCUT2D eigenvalue weighted by Crippen LogP contribution is 2.35. The number of nitrogens with one attached hydrogen (secondary N) is 1. The Labute approximate surface area is 185 Å². The molecule has 2 aromatic rings. The van der Waals surface area contributed by atoms with Crippen LogP contribution >= 0.6 is 22.9 Å². The molecular formula is C23H26ClNO4S. The molecule has 1 fully saturated rings. The Balaban J connectivity index is 1.86. The summed E-state index contributed by atoms with van der Waals surface area (Å²) in [6.07, 6.45) is 3.64. The number of ketones is 1. The first kappa shape index (κ1) is 22.5. The molecule has 2 unspecified atom stereocenters. The van der Waals surface area contributed by atoms with Crippen LogP contribution in [0, 0.1) is 18.8 Å². The maximum Gasteiger partial charge on any atom is 0.307 e. The number of hydrogen-bond donors (Lipinski definition) is 2. The van der Waals surface area contributed by atoms with Gasteiger partial charge in [-0.25, -0.2) is 0 Å². The Bertz CT molecular complexity index is 951. The Hall–Kier alpha value is -2.18. The van der Waals surface area contributed by atoms with Crippen molar-refractivity contribution in [2.75, 3.05) is 5.32 Å². The fraction of sp³-hybridized carbons (Fsp3) is 0.435. The molecule has 5 nitrogen and oxygen atoms in total. The van der Waals surface area contributed by atoms with Crippen LogP contribution in [0.4, 0.5) is 5.69 Å². The van der Waals surface area contributed by atoms with Gasteiger partial charge >= 0.3 is 5.97 Å². The number of rotatable bonds is 7. The maximum absolute atomic E-state index is 13.1. The van der Waals surface area contributed by atoms with Gasteiger partial charge in [0.25, 0.3) is 5.91 Å². The van der Waals surface area contributed by atoms with Gasteiger partial charge < -0.3 is 10.4 Å². The molecule has 1 heterocycles. The smallest absolute Gasteiger partial charge is 0.307 e. The van der Waals surface area contributed by atoms with Gasteiger partial charge in [0.15, 0.2) is 0 Å². The molecule has 2 atom stereocenters. The number of thiophene rings is 1. The molecule has 1 amide bonds. The van der Waals surface area contributed by atoms with Crippen molar-refractivity contribution in [3.05, 3.63) is 50.2 Å². The SMILES string of the molecule is CCc1c(C)sc(CC(=O)C2CCCCC2C(=O)O)c1C(=O)Nc1ccc(Cl)cc1. The van der Waals surface area contributed by atoms with Crippen LogP contribution in [0.3, 0.4) is 0 Å². The van der Waals surface area contributed by atoms with Crippen LogP contribution in [0.15, 0.2) is 24.3 Å². The second-order valence-electron chi connectivity index (χ2n) is 7.73. The normalized spacial score (nSPS) is 18.8. The summed E-state index contributed by atoms with van der Waals surface area (Å²) in [5.41, 5.74) is 2.12. The van der Waals surface area contributed by atoms with Crippen molar-refractivity contribution in [2.45, 2.75) is 52.4 Å². The van der Waals surface area contributed by atoms with Gasteiger partial charge in [-0.3, -0.25) is 14.4 Å². The molecule has 1 saturated carbocycles. The van der Waals surface area contributed by atoms with E-state index in [1.54, 1.807) is 24.3 Å². The fourth-order valence-corrected chi connectivity index (χ4v) is 5.68. The number of amides is 1. The van der Waals surface area contributed by atoms with Crippen LogP contribution in [0.5, 0.6) is 0 Å². The quantitative estimate of drug-likeness (QED) is 0.584. The van der Waals surface area contributed by atoms with Crippen molar-refractivity contribution in [3.63, 3.8) is 0 Å². The summed E-state index contributed by atoms with van der Waals surface area (Å²) in [7, 11) is 0. The number of halogens is 1. The fourth-order valence-electron chi connectivity index (χ4n) is 4.28. The second-order valence-corrected chi connectivity index (χ2v) is 9.47. The van der Waals surface area contributed by atoms with Gasteiger partial charge in [0, 0.05) is 32.8 Å². The third kappa shape index (κ3) is 4.93. The number of carbonyl (C=O) groups excluding carboxylic acids is 2. The third-order valence-corrected chi connectivity index (χ3v) is 7.20. The molecule has 1 aliphatic rings. The van der Waals surface area contributed by atoms with Crippen LogP contribution in [-0.2, 0) is 22.4 Å². The minimum atomic E-state index is -0.898. The number of carbonyl (C=O) groups is 3. The molecular weight excluding hydrogens is 422 g/mol. The van der Waals surface area contributed by atoms with E-state index in [0.717, 1.165) is 28.2 Å². The van der Waals surface area contributed by atoms with Crippen LogP contribution in [0.1, 0.15) is 58.3 Å². The zero-order valence-corrected chi connectivity index (χ0v) is 18.7. The molecule has 7 heteroatoms. The molecule has 0 aliphatic heterocycles. The predicted octanol–water partition coefficient (Wildman–Crippen LogP) is 5.53. The first-order chi connectivity index (χ1) is 14.3. The number of aryl methyl sites for hydroxylation is 1. The van der Waals surface area contributed by atoms with Gasteiger partial charge in [0.2, 0.25) is 0 Å². The van der Waals surface area contributed by atoms with Gasteiger partial charge in [0.05, 0.1) is 11.5 Å². The molecule has 30 heavy (non-hydrogen) atoms. The lowest BCUT2D eigenvalue weighted by Gasteiger charge is -2.27. The van der Waals surface area contributed by atoms with E-state index in [1.165, 1.54) is 11.3 Å². The molecule has 0 spiro atoms. The van der Waals surface area contributed by atoms with Crippen LogP contribution in [0.25, 0.3) is 0 Å². The number of Topliss-reactive ketones (excluding diaryl/α,β-unsaturated/α-hetero) is 1. The molecule has 0 saturated heterocycles. The first-order valence-corrected chi connectivity index (χ1v) is 11.4. The number of aliphatic carboxylic acids is 1. The Kier molecular flexibility index (Phi) is 7.32. The average Bonchev–Trinajstić information content (AvgIpc) is 3.04. The van der Waals surface area contributed by atoms with E-state index in [9.17, 15) is 19.5 Å². The lowest BCUT2D eigenvalue weighted by molar-refractivity contribution is -0.148. The predicted molar refractivity (Wildman–Crippen MR) is 120 cm³/mol. The maximum atomic E-state index is 13.1. The molecule has 1 aromatic heterocycles. The second kappa shape index (κ2) is 9.75. The molecule has 1 aliphatic carbocycles. The van der Waals surface area contributed by atoms with Crippen molar-refractivity contribution in [2.24, 2.45) is 11.8 Å². The average molecular weight is 448 g/mol. The lowest BCUT2D eigenvalue weighted by atomic mass is 9.76. The standard InChI is InChI=1S/C23H26ClNO4S/c1-3-16-13(2)30-20(12-19(26)17-6-4-5-7-18(17)23(28)29)21(16)22(27)25-15-10-8-14(24)9-11-15/h8-11,17-18H,3-7,12H2,1-2H3,(H,25,27)(H,28,29). The van der Waals surface area contributed by atoms with Crippen LogP contribution in [0.2, 0.25) is 5.02 Å². The van der Waals surface area contributed by atoms with E-state index in [2.05, 4.69) is 5.32 Å². The molecule has 3 rings (SSSR count). The van der Waals surface area contributed by atoms with Gasteiger partial charge in [0.1, 0.15) is 5.78 Å². The summed E-state index contributed by atoms with van der Waals surface area (Å²) < 4.78 is 0. The Morgan fingerprint density at radius 3 is 2.37 bits per heavy atom. The molecule has 160 valence electrons. The Morgan fingerprint density at radius 1 is 1.13 bits per heavy atom. The number of benzene rings is 1. The number of carboxylic acids is 1. The van der Waals surface area contributed by atoms with Crippen LogP contribution < -0.4 is 5.32 Å². The third-order valence-electron chi connectivity index (χ3n) is 5.80. The molecule has 2 N–H and O–H groups in total.